The molecule has 0 spiro atoms. The summed E-state index contributed by atoms with van der Waals surface area (Å²) >= 11 is 0. The van der Waals surface area contributed by atoms with Gasteiger partial charge in [-0.1, -0.05) is 26.1 Å². The van der Waals surface area contributed by atoms with E-state index in [0.717, 1.165) is 5.92 Å². The monoisotopic (exact) mass is 143 g/mol. The van der Waals surface area contributed by atoms with E-state index in [9.17, 15) is 0 Å². The van der Waals surface area contributed by atoms with Gasteiger partial charge in [0.25, 0.3) is 0 Å². The van der Waals surface area contributed by atoms with Gasteiger partial charge in [-0.25, -0.2) is 0 Å². The summed E-state index contributed by atoms with van der Waals surface area (Å²) in [6, 6.07) is 3.30. The highest BCUT2D eigenvalue weighted by molar-refractivity contribution is 6.78. The first-order chi connectivity index (χ1) is 4.01. The van der Waals surface area contributed by atoms with Crippen molar-refractivity contribution < 1.29 is 0 Å². The average molecular weight is 143 g/mol. The second kappa shape index (κ2) is 2.10. The van der Waals surface area contributed by atoms with E-state index in [1.807, 2.05) is 0 Å². The van der Waals surface area contributed by atoms with Crippen molar-refractivity contribution in [2.45, 2.75) is 38.1 Å². The van der Waals surface area contributed by atoms with Crippen molar-refractivity contribution in [2.24, 2.45) is 11.7 Å². The fourth-order valence-electron chi connectivity index (χ4n) is 1.95. The normalized spacial score (nSPS) is 41.3. The maximum Gasteiger partial charge on any atom is 0.0492 e. The Kier molecular flexibility index (Phi) is 1.70. The SMILES string of the molecule is CC1C[Si](C)(C)CC1N. The number of hydrogen-bond acceptors (Lipinski definition) is 1. The first kappa shape index (κ1) is 7.29. The van der Waals surface area contributed by atoms with Gasteiger partial charge in [0.15, 0.2) is 0 Å². The van der Waals surface area contributed by atoms with Gasteiger partial charge in [-0.15, -0.1) is 0 Å². The largest absolute Gasteiger partial charge is 0.328 e. The number of hydrogen-bond donors (Lipinski definition) is 1. The summed E-state index contributed by atoms with van der Waals surface area (Å²) in [5.74, 6) is 0.798. The van der Waals surface area contributed by atoms with Crippen LogP contribution in [0.25, 0.3) is 0 Å². The Morgan fingerprint density at radius 2 is 1.89 bits per heavy atom. The second-order valence-corrected chi connectivity index (χ2v) is 9.36. The predicted octanol–water partition coefficient (Wildman–Crippen LogP) is 1.67. The molecule has 0 aromatic rings. The molecule has 0 aliphatic carbocycles. The Morgan fingerprint density at radius 3 is 2.00 bits per heavy atom. The van der Waals surface area contributed by atoms with Gasteiger partial charge in [-0.2, -0.15) is 0 Å². The molecule has 0 aromatic heterocycles. The lowest BCUT2D eigenvalue weighted by molar-refractivity contribution is 0.558. The Bertz CT molecular complexity index is 99.5. The molecule has 0 bridgehead atoms. The molecule has 0 saturated carbocycles. The topological polar surface area (TPSA) is 26.0 Å². The van der Waals surface area contributed by atoms with Crippen LogP contribution in [0.15, 0.2) is 0 Å². The molecule has 2 N–H and O–H groups in total. The van der Waals surface area contributed by atoms with Crippen LogP contribution in [0, 0.1) is 5.92 Å². The molecular formula is C7H17NSi. The van der Waals surface area contributed by atoms with E-state index in [0.29, 0.717) is 6.04 Å². The van der Waals surface area contributed by atoms with Crippen molar-refractivity contribution >= 4 is 8.07 Å². The second-order valence-electron chi connectivity index (χ2n) is 4.21. The summed E-state index contributed by atoms with van der Waals surface area (Å²) in [4.78, 5) is 0. The minimum absolute atomic E-state index is 0.520. The summed E-state index contributed by atoms with van der Waals surface area (Å²) in [7, 11) is -0.791. The highest BCUT2D eigenvalue weighted by Crippen LogP contribution is 2.33. The molecule has 1 fully saturated rings. The zero-order valence-electron chi connectivity index (χ0n) is 6.65. The van der Waals surface area contributed by atoms with Crippen molar-refractivity contribution in [3.8, 4) is 0 Å². The highest BCUT2D eigenvalue weighted by Gasteiger charge is 2.35. The molecule has 2 unspecified atom stereocenters. The van der Waals surface area contributed by atoms with E-state index in [2.05, 4.69) is 20.0 Å². The average Bonchev–Trinajstić information content (AvgIpc) is 1.79. The van der Waals surface area contributed by atoms with E-state index in [-0.39, 0.29) is 0 Å². The van der Waals surface area contributed by atoms with Crippen LogP contribution in [-0.4, -0.2) is 14.1 Å². The molecule has 1 aliphatic heterocycles. The smallest absolute Gasteiger partial charge is 0.0492 e. The zero-order chi connectivity index (χ0) is 7.07. The van der Waals surface area contributed by atoms with Crippen molar-refractivity contribution in [3.05, 3.63) is 0 Å². The van der Waals surface area contributed by atoms with Crippen molar-refractivity contribution in [2.75, 3.05) is 0 Å². The molecule has 2 heteroatoms. The Hall–Kier alpha value is 0.177. The minimum atomic E-state index is -0.791. The molecule has 1 nitrogen and oxygen atoms in total. The van der Waals surface area contributed by atoms with Crippen LogP contribution < -0.4 is 5.73 Å². The Labute approximate surface area is 58.6 Å². The summed E-state index contributed by atoms with van der Waals surface area (Å²) in [6.45, 7) is 7.17. The summed E-state index contributed by atoms with van der Waals surface area (Å²) in [6.07, 6.45) is 0. The predicted molar refractivity (Wildman–Crippen MR) is 44.2 cm³/mol. The molecule has 0 radical (unpaired) electrons. The van der Waals surface area contributed by atoms with Gasteiger partial charge in [0, 0.05) is 14.1 Å². The molecule has 0 amide bonds. The van der Waals surface area contributed by atoms with Crippen LogP contribution >= 0.6 is 0 Å². The summed E-state index contributed by atoms with van der Waals surface area (Å²) in [5, 5.41) is 0. The standard InChI is InChI=1S/C7H17NSi/c1-6-4-9(2,3)5-7(6)8/h6-7H,4-5,8H2,1-3H3. The third kappa shape index (κ3) is 1.55. The lowest BCUT2D eigenvalue weighted by Gasteiger charge is -2.12. The van der Waals surface area contributed by atoms with Crippen LogP contribution in [0.3, 0.4) is 0 Å². The fraction of sp³-hybridized carbons (Fsp3) is 1.00. The maximum atomic E-state index is 5.89. The van der Waals surface area contributed by atoms with Crippen LogP contribution in [0.5, 0.6) is 0 Å². The Balaban J connectivity index is 2.54. The fourth-order valence-corrected chi connectivity index (χ4v) is 5.84. The molecule has 9 heavy (non-hydrogen) atoms. The van der Waals surface area contributed by atoms with E-state index in [4.69, 9.17) is 5.73 Å². The van der Waals surface area contributed by atoms with E-state index in [1.54, 1.807) is 0 Å². The van der Waals surface area contributed by atoms with Gasteiger partial charge >= 0.3 is 0 Å². The zero-order valence-corrected chi connectivity index (χ0v) is 7.65. The van der Waals surface area contributed by atoms with Crippen molar-refractivity contribution in [1.82, 2.24) is 0 Å². The molecule has 0 aromatic carbocycles. The number of rotatable bonds is 0. The van der Waals surface area contributed by atoms with Crippen molar-refractivity contribution in [1.29, 1.82) is 0 Å². The van der Waals surface area contributed by atoms with Gasteiger partial charge in [0.2, 0.25) is 0 Å². The van der Waals surface area contributed by atoms with E-state index < -0.39 is 8.07 Å². The molecule has 1 heterocycles. The maximum absolute atomic E-state index is 5.89. The quantitative estimate of drug-likeness (QED) is 0.513. The molecule has 1 rings (SSSR count). The van der Waals surface area contributed by atoms with Gasteiger partial charge in [0.1, 0.15) is 0 Å². The summed E-state index contributed by atoms with van der Waals surface area (Å²) < 4.78 is 0. The number of nitrogens with two attached hydrogens (primary N) is 1. The van der Waals surface area contributed by atoms with Gasteiger partial charge in [0.05, 0.1) is 0 Å². The summed E-state index contributed by atoms with van der Waals surface area (Å²) in [5.41, 5.74) is 5.89. The van der Waals surface area contributed by atoms with Gasteiger partial charge < -0.3 is 5.73 Å². The van der Waals surface area contributed by atoms with Gasteiger partial charge in [-0.3, -0.25) is 0 Å². The highest BCUT2D eigenvalue weighted by atomic mass is 28.3. The molecular weight excluding hydrogens is 126 g/mol. The van der Waals surface area contributed by atoms with E-state index in [1.165, 1.54) is 12.1 Å². The Morgan fingerprint density at radius 1 is 1.33 bits per heavy atom. The molecule has 2 atom stereocenters. The lowest BCUT2D eigenvalue weighted by Crippen LogP contribution is -2.25. The molecule has 54 valence electrons. The third-order valence-electron chi connectivity index (χ3n) is 2.39. The minimum Gasteiger partial charge on any atom is -0.328 e. The first-order valence-corrected chi connectivity index (χ1v) is 7.18. The third-order valence-corrected chi connectivity index (χ3v) is 5.72. The van der Waals surface area contributed by atoms with Crippen LogP contribution in [0.4, 0.5) is 0 Å². The van der Waals surface area contributed by atoms with Gasteiger partial charge in [-0.05, 0) is 12.0 Å². The van der Waals surface area contributed by atoms with E-state index >= 15 is 0 Å². The molecule has 1 aliphatic rings. The van der Waals surface area contributed by atoms with Crippen LogP contribution in [0.2, 0.25) is 25.2 Å². The lowest BCUT2D eigenvalue weighted by atomic mass is 10.1. The van der Waals surface area contributed by atoms with Crippen LogP contribution in [-0.2, 0) is 0 Å². The molecule has 1 saturated heterocycles. The first-order valence-electron chi connectivity index (χ1n) is 3.77. The van der Waals surface area contributed by atoms with Crippen LogP contribution in [0.1, 0.15) is 6.92 Å². The van der Waals surface area contributed by atoms with Crippen molar-refractivity contribution in [3.63, 3.8) is 0 Å².